The molecule has 2 nitrogen and oxygen atoms in total. The van der Waals surface area contributed by atoms with Crippen molar-refractivity contribution in [2.24, 2.45) is 4.99 Å². The predicted molar refractivity (Wildman–Crippen MR) is 123 cm³/mol. The van der Waals surface area contributed by atoms with Crippen LogP contribution in [0.4, 0.5) is 0 Å². The first-order valence-corrected chi connectivity index (χ1v) is 9.94. The van der Waals surface area contributed by atoms with E-state index in [1.54, 1.807) is 72.8 Å². The van der Waals surface area contributed by atoms with Crippen molar-refractivity contribution in [3.8, 4) is 0 Å². The van der Waals surface area contributed by atoms with Crippen molar-refractivity contribution < 1.29 is 0 Å². The summed E-state index contributed by atoms with van der Waals surface area (Å²) in [5.41, 5.74) is 2.12. The summed E-state index contributed by atoms with van der Waals surface area (Å²) in [6.07, 6.45) is 0. The molecule has 140 valence electrons. The summed E-state index contributed by atoms with van der Waals surface area (Å²) in [7, 11) is 0. The Labute approximate surface area is 187 Å². The Hall–Kier alpha value is -1.77. The fraction of sp³-hybridized carbons (Fsp3) is 0. The largest absolute Gasteiger partial charge is 0.425 e. The average Bonchev–Trinajstić information content (AvgIpc) is 2.69. The highest BCUT2D eigenvalue weighted by Gasteiger charge is 2.18. The summed E-state index contributed by atoms with van der Waals surface area (Å²) in [6.45, 7) is 0. The van der Waals surface area contributed by atoms with Gasteiger partial charge in [0.05, 0.1) is 11.1 Å². The minimum absolute atomic E-state index is 0.255. The Kier molecular flexibility index (Phi) is 7.20. The predicted octanol–water partition coefficient (Wildman–Crippen LogP) is 6.83. The summed E-state index contributed by atoms with van der Waals surface area (Å²) in [6, 6.07) is 21.1. The lowest BCUT2D eigenvalue weighted by Gasteiger charge is -1.96. The second kappa shape index (κ2) is 9.62. The van der Waals surface area contributed by atoms with Gasteiger partial charge in [-0.05, 0) is 101 Å². The van der Waals surface area contributed by atoms with E-state index in [1.807, 2.05) is 0 Å². The van der Waals surface area contributed by atoms with Gasteiger partial charge in [-0.2, -0.15) is 4.67 Å². The van der Waals surface area contributed by atoms with E-state index < -0.39 is 0 Å². The first-order chi connectivity index (χ1) is 13.4. The van der Waals surface area contributed by atoms with Crippen molar-refractivity contribution in [3.63, 3.8) is 0 Å². The molecule has 0 unspecified atom stereocenters. The Morgan fingerprint density at radius 3 is 1.43 bits per heavy atom. The SMILES string of the molecule is ClC(=NC(=[N+]=C(Cl)c1ccc(Cl)cc1)c1ccc(Cl)cc1)c1ccc(Cl)cc1. The van der Waals surface area contributed by atoms with Gasteiger partial charge in [0.1, 0.15) is 0 Å². The van der Waals surface area contributed by atoms with Gasteiger partial charge in [0.15, 0.2) is 0 Å². The Balaban J connectivity index is 2.13. The monoisotopic (exact) mass is 467 g/mol. The van der Waals surface area contributed by atoms with Gasteiger partial charge >= 0.3 is 11.0 Å². The molecule has 0 radical (unpaired) electrons. The average molecular weight is 470 g/mol. The molecular formula is C21H12Cl5N2+. The lowest BCUT2D eigenvalue weighted by molar-refractivity contribution is 1.48. The van der Waals surface area contributed by atoms with E-state index in [0.29, 0.717) is 37.6 Å². The lowest BCUT2D eigenvalue weighted by Crippen LogP contribution is -2.08. The molecule has 0 amide bonds. The topological polar surface area (TPSA) is 26.5 Å². The molecule has 0 fully saturated rings. The van der Waals surface area contributed by atoms with Crippen LogP contribution in [-0.2, 0) is 0 Å². The maximum absolute atomic E-state index is 6.41. The number of amidine groups is 1. The second-order valence-electron chi connectivity index (χ2n) is 5.65. The first-order valence-electron chi connectivity index (χ1n) is 8.05. The van der Waals surface area contributed by atoms with Crippen molar-refractivity contribution in [2.75, 3.05) is 0 Å². The summed E-state index contributed by atoms with van der Waals surface area (Å²) >= 11 is 30.7. The van der Waals surface area contributed by atoms with Crippen molar-refractivity contribution in [1.82, 2.24) is 4.67 Å². The molecule has 3 aromatic carbocycles. The number of halogens is 5. The molecule has 0 aliphatic heterocycles. The Bertz CT molecular complexity index is 1060. The molecule has 3 rings (SSSR count). The van der Waals surface area contributed by atoms with E-state index >= 15 is 0 Å². The van der Waals surface area contributed by atoms with Crippen LogP contribution in [0.15, 0.2) is 77.8 Å². The molecule has 3 aromatic rings. The van der Waals surface area contributed by atoms with Crippen molar-refractivity contribution in [2.45, 2.75) is 0 Å². The number of rotatable bonds is 3. The van der Waals surface area contributed by atoms with Gasteiger partial charge in [-0.1, -0.05) is 34.8 Å². The molecule has 0 N–H and O–H groups in total. The molecule has 0 saturated heterocycles. The van der Waals surface area contributed by atoms with Crippen LogP contribution in [0, 0.1) is 0 Å². The molecular weight excluding hydrogens is 458 g/mol. The first kappa shape index (κ1) is 21.0. The number of hydrogen-bond donors (Lipinski definition) is 0. The summed E-state index contributed by atoms with van der Waals surface area (Å²) in [4.78, 5) is 4.47. The highest BCUT2D eigenvalue weighted by molar-refractivity contribution is 6.71. The fourth-order valence-electron chi connectivity index (χ4n) is 2.24. The summed E-state index contributed by atoms with van der Waals surface area (Å²) < 4.78 is 4.47. The zero-order chi connectivity index (χ0) is 20.1. The van der Waals surface area contributed by atoms with Crippen LogP contribution in [0.25, 0.3) is 0 Å². The van der Waals surface area contributed by atoms with Gasteiger partial charge in [0.2, 0.25) is 0 Å². The smallest absolute Gasteiger partial charge is 0.185 e. The molecule has 0 aromatic heterocycles. The van der Waals surface area contributed by atoms with Crippen LogP contribution >= 0.6 is 58.0 Å². The van der Waals surface area contributed by atoms with E-state index in [0.717, 1.165) is 0 Å². The Morgan fingerprint density at radius 2 is 0.964 bits per heavy atom. The van der Waals surface area contributed by atoms with Crippen LogP contribution in [0.2, 0.25) is 15.1 Å². The summed E-state index contributed by atoms with van der Waals surface area (Å²) in [5.74, 6) is 0.344. The summed E-state index contributed by atoms with van der Waals surface area (Å²) in [5, 5.41) is 2.33. The van der Waals surface area contributed by atoms with Crippen LogP contribution < -0.4 is 4.67 Å². The maximum atomic E-state index is 6.41. The van der Waals surface area contributed by atoms with Crippen LogP contribution in [0.5, 0.6) is 0 Å². The minimum atomic E-state index is 0.255. The van der Waals surface area contributed by atoms with Crippen LogP contribution in [0.1, 0.15) is 16.7 Å². The van der Waals surface area contributed by atoms with Gasteiger partial charge in [-0.25, -0.2) is 0 Å². The molecule has 28 heavy (non-hydrogen) atoms. The van der Waals surface area contributed by atoms with E-state index in [9.17, 15) is 0 Å². The molecule has 0 aliphatic carbocycles. The van der Waals surface area contributed by atoms with Gasteiger partial charge in [0, 0.05) is 20.6 Å². The molecule has 0 bridgehead atoms. The van der Waals surface area contributed by atoms with Gasteiger partial charge < -0.3 is 0 Å². The Morgan fingerprint density at radius 1 is 0.571 bits per heavy atom. The van der Waals surface area contributed by atoms with E-state index in [2.05, 4.69) is 9.66 Å². The molecule has 7 heteroatoms. The van der Waals surface area contributed by atoms with Crippen LogP contribution in [0.3, 0.4) is 0 Å². The van der Waals surface area contributed by atoms with Gasteiger partial charge in [-0.3, -0.25) is 0 Å². The minimum Gasteiger partial charge on any atom is -0.185 e. The van der Waals surface area contributed by atoms with E-state index in [4.69, 9.17) is 58.0 Å². The highest BCUT2D eigenvalue weighted by atomic mass is 35.5. The lowest BCUT2D eigenvalue weighted by atomic mass is 10.2. The normalized spacial score (nSPS) is 11.1. The molecule has 0 saturated carbocycles. The molecule has 0 aliphatic rings. The van der Waals surface area contributed by atoms with Gasteiger partial charge in [-0.15, -0.1) is 0 Å². The van der Waals surface area contributed by atoms with E-state index in [-0.39, 0.29) is 10.3 Å². The third-order valence-corrected chi connectivity index (χ3v) is 5.04. The number of aliphatic imine (C=N–C) groups is 1. The molecule has 0 heterocycles. The number of nitrogens with zero attached hydrogens (tertiary/aromatic N) is 2. The van der Waals surface area contributed by atoms with Crippen molar-refractivity contribution >= 4 is 74.2 Å². The number of hydrogen-bond acceptors (Lipinski definition) is 0. The third kappa shape index (κ3) is 5.62. The van der Waals surface area contributed by atoms with Crippen molar-refractivity contribution in [1.29, 1.82) is 0 Å². The standard InChI is InChI=1S/C21H12Cl5N2/c22-16-7-1-13(2-8-16)19(25)27-21(15-5-11-18(24)12-6-15)28-20(26)14-3-9-17(23)10-4-14/h1-12H/q+1. The quantitative estimate of drug-likeness (QED) is 0.228. The van der Waals surface area contributed by atoms with Crippen LogP contribution in [-0.4, -0.2) is 16.2 Å². The van der Waals surface area contributed by atoms with E-state index in [1.165, 1.54) is 0 Å². The molecule has 0 atom stereocenters. The maximum Gasteiger partial charge on any atom is 0.425 e. The van der Waals surface area contributed by atoms with Crippen molar-refractivity contribution in [3.05, 3.63) is 105 Å². The second-order valence-corrected chi connectivity index (χ2v) is 7.67. The fourth-order valence-corrected chi connectivity index (χ4v) is 3.03. The third-order valence-electron chi connectivity index (χ3n) is 3.68. The zero-order valence-corrected chi connectivity index (χ0v) is 18.0. The zero-order valence-electron chi connectivity index (χ0n) is 14.2. The molecule has 0 spiro atoms. The highest BCUT2D eigenvalue weighted by Crippen LogP contribution is 2.15. The van der Waals surface area contributed by atoms with Gasteiger partial charge in [0.25, 0.3) is 5.17 Å². The number of benzene rings is 3.